The largest absolute Gasteiger partial charge is 0.295 e. The van der Waals surface area contributed by atoms with Crippen LogP contribution in [0, 0.1) is 0 Å². The molecule has 7 aromatic rings. The second-order valence-electron chi connectivity index (χ2n) is 11.8. The molecular weight excluding hydrogens is 695 g/mol. The van der Waals surface area contributed by atoms with Crippen LogP contribution < -0.4 is 16.0 Å². The number of carbonyl (C=O) groups excluding carboxylic acids is 4. The van der Waals surface area contributed by atoms with Crippen molar-refractivity contribution in [2.45, 2.75) is 13.3 Å². The third-order valence-electron chi connectivity index (χ3n) is 7.69. The molecule has 0 fully saturated rings. The Morgan fingerprint density at radius 2 is 1.05 bits per heavy atom. The van der Waals surface area contributed by atoms with E-state index in [0.717, 1.165) is 11.3 Å². The van der Waals surface area contributed by atoms with Crippen molar-refractivity contribution in [3.05, 3.63) is 180 Å². The van der Waals surface area contributed by atoms with Crippen LogP contribution in [0.25, 0.3) is 17.5 Å². The van der Waals surface area contributed by atoms with E-state index in [1.54, 1.807) is 42.5 Å². The maximum Gasteiger partial charge on any atom is 0.258 e. The Morgan fingerprint density at radius 1 is 0.564 bits per heavy atom. The summed E-state index contributed by atoms with van der Waals surface area (Å²) in [4.78, 5) is 57.2. The summed E-state index contributed by atoms with van der Waals surface area (Å²) < 4.78 is 2.99. The number of para-hydroxylation sites is 2. The van der Waals surface area contributed by atoms with E-state index in [1.807, 2.05) is 115 Å². The van der Waals surface area contributed by atoms with E-state index in [4.69, 9.17) is 0 Å². The van der Waals surface area contributed by atoms with E-state index in [0.29, 0.717) is 22.6 Å². The smallest absolute Gasteiger partial charge is 0.258 e. The highest BCUT2D eigenvalue weighted by Gasteiger charge is 2.18. The number of hydrogen-bond donors (Lipinski definition) is 3. The van der Waals surface area contributed by atoms with Gasteiger partial charge in [0.15, 0.2) is 11.6 Å². The number of aromatic nitrogens is 6. The van der Waals surface area contributed by atoms with E-state index >= 15 is 0 Å². The normalized spacial score (nSPS) is 10.6. The Bertz CT molecular complexity index is 2400. The fourth-order valence-corrected chi connectivity index (χ4v) is 5.13. The Morgan fingerprint density at radius 3 is 1.62 bits per heavy atom. The van der Waals surface area contributed by atoms with E-state index in [1.165, 1.54) is 22.4 Å². The quantitative estimate of drug-likeness (QED) is 0.0964. The van der Waals surface area contributed by atoms with Crippen molar-refractivity contribution in [2.75, 3.05) is 16.0 Å². The van der Waals surface area contributed by atoms with Gasteiger partial charge in [-0.15, -0.1) is 10.2 Å². The van der Waals surface area contributed by atoms with Crippen LogP contribution in [-0.4, -0.2) is 53.0 Å². The predicted octanol–water partition coefficient (Wildman–Crippen LogP) is 6.82. The number of carbonyl (C=O) groups is 4. The van der Waals surface area contributed by atoms with Gasteiger partial charge in [0, 0.05) is 24.1 Å². The van der Waals surface area contributed by atoms with Crippen LogP contribution >= 0.6 is 0 Å². The molecule has 55 heavy (non-hydrogen) atoms. The van der Waals surface area contributed by atoms with Crippen molar-refractivity contribution in [1.29, 1.82) is 0 Å². The lowest BCUT2D eigenvalue weighted by molar-refractivity contribution is -0.114. The Labute approximate surface area is 316 Å². The summed E-state index contributed by atoms with van der Waals surface area (Å²) in [6.07, 6.45) is 3.19. The third-order valence-corrected chi connectivity index (χ3v) is 7.69. The van der Waals surface area contributed by atoms with Gasteiger partial charge in [-0.2, -0.15) is 19.3 Å². The molecule has 0 saturated heterocycles. The summed E-state index contributed by atoms with van der Waals surface area (Å²) in [5, 5.41) is 16.7. The second-order valence-corrected chi connectivity index (χ2v) is 11.8. The first kappa shape index (κ1) is 37.0. The number of amides is 3. The molecule has 3 N–H and O–H groups in total. The van der Waals surface area contributed by atoms with Crippen molar-refractivity contribution < 1.29 is 19.2 Å². The summed E-state index contributed by atoms with van der Waals surface area (Å²) in [6, 6.07) is 45.8. The summed E-state index contributed by atoms with van der Waals surface area (Å²) >= 11 is 0. The van der Waals surface area contributed by atoms with Crippen molar-refractivity contribution >= 4 is 47.4 Å². The number of Topliss-reactive ketones (excluding diaryl/α,β-unsaturated/α-hetero) is 1. The zero-order valence-electron chi connectivity index (χ0n) is 29.6. The number of anilines is 3. The van der Waals surface area contributed by atoms with Gasteiger partial charge < -0.3 is 0 Å². The van der Waals surface area contributed by atoms with Crippen LogP contribution in [0.5, 0.6) is 0 Å². The molecule has 0 spiro atoms. The number of ketones is 1. The van der Waals surface area contributed by atoms with Crippen molar-refractivity contribution in [3.8, 4) is 11.4 Å². The van der Waals surface area contributed by atoms with Gasteiger partial charge in [-0.05, 0) is 48.0 Å². The summed E-state index contributed by atoms with van der Waals surface area (Å²) in [5.41, 5.74) is 3.45. The van der Waals surface area contributed by atoms with Gasteiger partial charge in [0.1, 0.15) is 0 Å². The maximum absolute atomic E-state index is 12.6. The van der Waals surface area contributed by atoms with Gasteiger partial charge in [-0.25, -0.2) is 0 Å². The van der Waals surface area contributed by atoms with E-state index in [9.17, 15) is 19.2 Å². The van der Waals surface area contributed by atoms with E-state index < -0.39 is 0 Å². The van der Waals surface area contributed by atoms with Gasteiger partial charge >= 0.3 is 0 Å². The number of benzene rings is 5. The molecule has 0 aliphatic heterocycles. The molecule has 0 radical (unpaired) electrons. The zero-order valence-corrected chi connectivity index (χ0v) is 29.6. The van der Waals surface area contributed by atoms with Gasteiger partial charge in [0.05, 0.1) is 17.8 Å². The van der Waals surface area contributed by atoms with Gasteiger partial charge in [0.2, 0.25) is 17.8 Å². The minimum atomic E-state index is -0.339. The van der Waals surface area contributed by atoms with Crippen LogP contribution in [0.15, 0.2) is 158 Å². The average Bonchev–Trinajstić information content (AvgIpc) is 3.81. The van der Waals surface area contributed by atoms with E-state index in [-0.39, 0.29) is 47.8 Å². The van der Waals surface area contributed by atoms with Gasteiger partial charge in [-0.3, -0.25) is 35.1 Å². The lowest BCUT2D eigenvalue weighted by Gasteiger charge is -2.05. The third kappa shape index (κ3) is 10.4. The second kappa shape index (κ2) is 18.1. The van der Waals surface area contributed by atoms with Crippen LogP contribution in [0.4, 0.5) is 17.8 Å². The summed E-state index contributed by atoms with van der Waals surface area (Å²) in [6.45, 7) is 1.38. The summed E-state index contributed by atoms with van der Waals surface area (Å²) in [5.74, 6) is -0.101. The number of hydrogen-bond acceptors (Lipinski definition) is 8. The molecule has 2 aromatic heterocycles. The molecule has 0 unspecified atom stereocenters. The highest BCUT2D eigenvalue weighted by Crippen LogP contribution is 2.18. The molecule has 272 valence electrons. The number of nitrogens with one attached hydrogen (secondary N) is 3. The number of nitrogens with zero attached hydrogens (tertiary/aromatic N) is 6. The minimum absolute atomic E-state index is 0.0343. The molecular formula is C42H35N9O4. The van der Waals surface area contributed by atoms with Crippen LogP contribution in [0.2, 0.25) is 0 Å². The molecule has 2 heterocycles. The standard InChI is InChI=1S/C25H20N4O2.C17H15N5O2/c30-22(20-12-6-2-7-13-20)18-23-26-25(29(28-23)21-14-8-3-9-15-21)27-24(31)17-16-19-10-4-1-5-11-19;1-12(23)18-17-20-16(19-15(24)13-8-4-2-5-9-13)21-22(17)14-10-6-3-7-11-14/h1-17H,18H2,(H,26,27,28,31);2-11H,1H3,(H2,18,19,20,21,23,24)/b17-16+;. The molecule has 0 aliphatic rings. The Hall–Kier alpha value is -7.80. The first-order valence-electron chi connectivity index (χ1n) is 17.1. The van der Waals surface area contributed by atoms with Crippen molar-refractivity contribution in [3.63, 3.8) is 0 Å². The molecule has 0 bridgehead atoms. The van der Waals surface area contributed by atoms with Crippen LogP contribution in [0.3, 0.4) is 0 Å². The molecule has 0 aliphatic carbocycles. The van der Waals surface area contributed by atoms with Crippen molar-refractivity contribution in [2.24, 2.45) is 0 Å². The topological polar surface area (TPSA) is 166 Å². The highest BCUT2D eigenvalue weighted by atomic mass is 16.2. The van der Waals surface area contributed by atoms with Gasteiger partial charge in [-0.1, -0.05) is 115 Å². The maximum atomic E-state index is 12.6. The Balaban J connectivity index is 0.000000193. The molecule has 0 atom stereocenters. The van der Waals surface area contributed by atoms with Crippen LogP contribution in [0.1, 0.15) is 39.0 Å². The minimum Gasteiger partial charge on any atom is -0.295 e. The first-order valence-corrected chi connectivity index (χ1v) is 17.1. The molecule has 13 nitrogen and oxygen atoms in total. The monoisotopic (exact) mass is 729 g/mol. The average molecular weight is 730 g/mol. The van der Waals surface area contributed by atoms with Gasteiger partial charge in [0.25, 0.3) is 17.8 Å². The predicted molar refractivity (Wildman–Crippen MR) is 210 cm³/mol. The van der Waals surface area contributed by atoms with E-state index in [2.05, 4.69) is 36.1 Å². The lowest BCUT2D eigenvalue weighted by Crippen LogP contribution is -2.13. The molecule has 0 saturated carbocycles. The lowest BCUT2D eigenvalue weighted by atomic mass is 10.1. The summed E-state index contributed by atoms with van der Waals surface area (Å²) in [7, 11) is 0. The molecule has 5 aromatic carbocycles. The fraction of sp³-hybridized carbons (Fsp3) is 0.0476. The number of rotatable bonds is 11. The molecule has 13 heteroatoms. The fourth-order valence-electron chi connectivity index (χ4n) is 5.13. The van der Waals surface area contributed by atoms with Crippen molar-refractivity contribution in [1.82, 2.24) is 29.5 Å². The molecule has 3 amide bonds. The first-order chi connectivity index (χ1) is 26.8. The zero-order chi connectivity index (χ0) is 38.4. The SMILES string of the molecule is CC(=O)Nc1nc(NC(=O)c2ccccc2)nn1-c1ccccc1.O=C(/C=C/c1ccccc1)Nc1nc(CC(=O)c2ccccc2)nn1-c1ccccc1. The molecule has 7 rings (SSSR count). The highest BCUT2D eigenvalue weighted by molar-refractivity contribution is 6.03. The Kier molecular flexibility index (Phi) is 12.2. The van der Waals surface area contributed by atoms with Crippen LogP contribution in [-0.2, 0) is 16.0 Å².